The lowest BCUT2D eigenvalue weighted by molar-refractivity contribution is -0.126. The van der Waals surface area contributed by atoms with Gasteiger partial charge in [0, 0.05) is 16.9 Å². The van der Waals surface area contributed by atoms with Crippen LogP contribution in [-0.4, -0.2) is 48.3 Å². The molecule has 1 fully saturated rings. The van der Waals surface area contributed by atoms with Crippen molar-refractivity contribution in [3.8, 4) is 11.5 Å². The van der Waals surface area contributed by atoms with Crippen molar-refractivity contribution in [2.24, 2.45) is 0 Å². The maximum Gasteiger partial charge on any atom is 0.260 e. The Hall–Kier alpha value is -1.89. The second kappa shape index (κ2) is 7.62. The molecule has 148 valence electrons. The van der Waals surface area contributed by atoms with Crippen LogP contribution in [0.2, 0.25) is 0 Å². The number of thioether (sulfide) groups is 1. The first-order chi connectivity index (χ1) is 12.9. The van der Waals surface area contributed by atoms with Gasteiger partial charge >= 0.3 is 0 Å². The molecule has 2 aliphatic rings. The number of methoxy groups -OCH3 is 2. The van der Waals surface area contributed by atoms with Crippen molar-refractivity contribution < 1.29 is 19.1 Å². The van der Waals surface area contributed by atoms with Gasteiger partial charge in [-0.1, -0.05) is 25.8 Å². The lowest BCUT2D eigenvalue weighted by Gasteiger charge is -2.29. The average Bonchev–Trinajstić information content (AvgIpc) is 3.07. The molecule has 0 aliphatic carbocycles. The van der Waals surface area contributed by atoms with E-state index in [1.807, 2.05) is 26.0 Å². The van der Waals surface area contributed by atoms with E-state index in [9.17, 15) is 9.59 Å². The molecule has 2 heterocycles. The van der Waals surface area contributed by atoms with Crippen LogP contribution in [-0.2, 0) is 4.79 Å². The molecule has 27 heavy (non-hydrogen) atoms. The fraction of sp³-hybridized carbons (Fsp3) is 0.600. The number of ether oxygens (including phenoxy) is 2. The number of benzene rings is 1. The average molecular weight is 393 g/mol. The van der Waals surface area contributed by atoms with Crippen molar-refractivity contribution in [2.45, 2.75) is 56.2 Å². The minimum absolute atomic E-state index is 0.0850. The number of nitrogens with zero attached hydrogens (tertiary/aromatic N) is 1. The Balaban J connectivity index is 1.92. The number of nitrogens with one attached hydrogen (secondary N) is 1. The highest BCUT2D eigenvalue weighted by Crippen LogP contribution is 2.58. The third-order valence-electron chi connectivity index (χ3n) is 5.22. The van der Waals surface area contributed by atoms with Crippen LogP contribution in [0.15, 0.2) is 12.1 Å². The van der Waals surface area contributed by atoms with Crippen molar-refractivity contribution >= 4 is 23.6 Å². The zero-order valence-corrected chi connectivity index (χ0v) is 17.4. The summed E-state index contributed by atoms with van der Waals surface area (Å²) in [6, 6.07) is 3.20. The molecule has 0 bridgehead atoms. The van der Waals surface area contributed by atoms with Crippen LogP contribution >= 0.6 is 11.8 Å². The van der Waals surface area contributed by atoms with Crippen LogP contribution in [0.4, 0.5) is 0 Å². The summed E-state index contributed by atoms with van der Waals surface area (Å²) in [5.74, 6) is 0.709. The van der Waals surface area contributed by atoms with Gasteiger partial charge in [0.15, 0.2) is 11.5 Å². The van der Waals surface area contributed by atoms with E-state index in [4.69, 9.17) is 9.47 Å². The van der Waals surface area contributed by atoms with Gasteiger partial charge in [0.1, 0.15) is 11.4 Å². The first kappa shape index (κ1) is 19.9. The first-order valence-corrected chi connectivity index (χ1v) is 10.3. The summed E-state index contributed by atoms with van der Waals surface area (Å²) in [6.45, 7) is 6.83. The maximum absolute atomic E-state index is 13.3. The largest absolute Gasteiger partial charge is 0.493 e. The highest BCUT2D eigenvalue weighted by molar-refractivity contribution is 8.01. The lowest BCUT2D eigenvalue weighted by atomic mass is 10.0. The molecule has 0 saturated carbocycles. The Bertz CT molecular complexity index is 750. The van der Waals surface area contributed by atoms with Crippen molar-refractivity contribution in [1.29, 1.82) is 0 Å². The van der Waals surface area contributed by atoms with Gasteiger partial charge in [0.25, 0.3) is 5.91 Å². The number of hydrogen-bond acceptors (Lipinski definition) is 5. The summed E-state index contributed by atoms with van der Waals surface area (Å²) < 4.78 is 10.4. The molecule has 1 aromatic carbocycles. The van der Waals surface area contributed by atoms with Crippen LogP contribution < -0.4 is 14.8 Å². The Morgan fingerprint density at radius 3 is 2.63 bits per heavy atom. The SMILES string of the molecule is CCCCCNC(=O)[C@@H]1N2C(=O)c3c(ccc(OC)c3OC)[C@@H]2SC1(C)C. The zero-order valence-electron chi connectivity index (χ0n) is 16.6. The molecule has 1 aromatic rings. The minimum atomic E-state index is -0.523. The van der Waals surface area contributed by atoms with Crippen LogP contribution in [0.5, 0.6) is 11.5 Å². The summed E-state index contributed by atoms with van der Waals surface area (Å²) in [6.07, 6.45) is 3.13. The third kappa shape index (κ3) is 3.26. The molecule has 1 saturated heterocycles. The second-order valence-corrected chi connectivity index (χ2v) is 9.19. The summed E-state index contributed by atoms with van der Waals surface area (Å²) in [4.78, 5) is 28.0. The molecule has 7 heteroatoms. The standard InChI is InChI=1S/C20H28N2O4S/c1-6-7-8-11-21-17(23)16-20(2,3)27-19-12-9-10-13(25-4)15(26-5)14(12)18(24)22(16)19/h9-10,16,19H,6-8,11H2,1-5H3,(H,21,23)/t16-,19-/m0/s1. The summed E-state index contributed by atoms with van der Waals surface area (Å²) in [5.41, 5.74) is 1.39. The fourth-order valence-electron chi connectivity index (χ4n) is 3.94. The first-order valence-electron chi connectivity index (χ1n) is 9.40. The third-order valence-corrected chi connectivity index (χ3v) is 6.76. The van der Waals surface area contributed by atoms with Gasteiger partial charge in [-0.15, -0.1) is 11.8 Å². The van der Waals surface area contributed by atoms with Gasteiger partial charge in [-0.2, -0.15) is 0 Å². The Morgan fingerprint density at radius 1 is 1.26 bits per heavy atom. The Kier molecular flexibility index (Phi) is 5.60. The molecule has 0 unspecified atom stereocenters. The molecular formula is C20H28N2O4S. The lowest BCUT2D eigenvalue weighted by Crippen LogP contribution is -2.52. The highest BCUT2D eigenvalue weighted by Gasteiger charge is 2.58. The van der Waals surface area contributed by atoms with Gasteiger partial charge in [-0.05, 0) is 26.3 Å². The van der Waals surface area contributed by atoms with Gasteiger partial charge < -0.3 is 19.7 Å². The fourth-order valence-corrected chi connectivity index (χ4v) is 5.52. The van der Waals surface area contributed by atoms with Crippen molar-refractivity contribution in [2.75, 3.05) is 20.8 Å². The normalized spacial score (nSPS) is 22.4. The second-order valence-electron chi connectivity index (χ2n) is 7.45. The summed E-state index contributed by atoms with van der Waals surface area (Å²) >= 11 is 1.65. The van der Waals surface area contributed by atoms with Crippen LogP contribution in [0, 0.1) is 0 Å². The zero-order chi connectivity index (χ0) is 19.8. The molecule has 0 radical (unpaired) electrons. The van der Waals surface area contributed by atoms with Crippen molar-refractivity contribution in [3.05, 3.63) is 23.3 Å². The molecule has 2 atom stereocenters. The Morgan fingerprint density at radius 2 is 2.00 bits per heavy atom. The van der Waals surface area contributed by atoms with E-state index >= 15 is 0 Å². The van der Waals surface area contributed by atoms with E-state index in [1.165, 1.54) is 7.11 Å². The van der Waals surface area contributed by atoms with Crippen LogP contribution in [0.25, 0.3) is 0 Å². The number of carbonyl (C=O) groups is 2. The monoisotopic (exact) mass is 392 g/mol. The topological polar surface area (TPSA) is 67.9 Å². The number of unbranched alkanes of at least 4 members (excludes halogenated alkanes) is 2. The maximum atomic E-state index is 13.3. The molecule has 0 aromatic heterocycles. The molecule has 3 rings (SSSR count). The number of fused-ring (bicyclic) bond motifs is 3. The highest BCUT2D eigenvalue weighted by atomic mass is 32.2. The number of amides is 2. The van der Waals surface area contributed by atoms with Gasteiger partial charge in [0.2, 0.25) is 5.91 Å². The number of rotatable bonds is 7. The van der Waals surface area contributed by atoms with Gasteiger partial charge in [-0.3, -0.25) is 9.59 Å². The number of hydrogen-bond donors (Lipinski definition) is 1. The van der Waals surface area contributed by atoms with E-state index in [0.29, 0.717) is 23.6 Å². The van der Waals surface area contributed by atoms with E-state index < -0.39 is 6.04 Å². The van der Waals surface area contributed by atoms with Crippen molar-refractivity contribution in [3.63, 3.8) is 0 Å². The molecule has 2 amide bonds. The quantitative estimate of drug-likeness (QED) is 0.721. The van der Waals surface area contributed by atoms with E-state index in [-0.39, 0.29) is 21.9 Å². The molecular weight excluding hydrogens is 364 g/mol. The summed E-state index contributed by atoms with van der Waals surface area (Å²) in [5, 5.41) is 2.84. The van der Waals surface area contributed by atoms with Crippen LogP contribution in [0.3, 0.4) is 0 Å². The van der Waals surface area contributed by atoms with Gasteiger partial charge in [0.05, 0.1) is 19.8 Å². The van der Waals surface area contributed by atoms with Crippen LogP contribution in [0.1, 0.15) is 61.3 Å². The minimum Gasteiger partial charge on any atom is -0.493 e. The number of carbonyl (C=O) groups excluding carboxylic acids is 2. The van der Waals surface area contributed by atoms with Gasteiger partial charge in [-0.25, -0.2) is 0 Å². The Labute approximate surface area is 165 Å². The van der Waals surface area contributed by atoms with E-state index in [0.717, 1.165) is 24.8 Å². The summed E-state index contributed by atoms with van der Waals surface area (Å²) in [7, 11) is 3.08. The van der Waals surface area contributed by atoms with E-state index in [2.05, 4.69) is 12.2 Å². The van der Waals surface area contributed by atoms with E-state index in [1.54, 1.807) is 23.8 Å². The molecule has 6 nitrogen and oxygen atoms in total. The smallest absolute Gasteiger partial charge is 0.260 e. The molecule has 0 spiro atoms. The predicted octanol–water partition coefficient (Wildman–Crippen LogP) is 3.36. The molecule has 1 N–H and O–H groups in total. The predicted molar refractivity (Wildman–Crippen MR) is 106 cm³/mol. The van der Waals surface area contributed by atoms with Crippen molar-refractivity contribution in [1.82, 2.24) is 10.2 Å². The molecule has 2 aliphatic heterocycles.